The average molecular weight is 460 g/mol. The van der Waals surface area contributed by atoms with Crippen molar-refractivity contribution in [1.29, 1.82) is 0 Å². The highest BCUT2D eigenvalue weighted by atomic mass is 32.1. The molecule has 2 aliphatic heterocycles. The molecule has 1 N–H and O–H groups in total. The van der Waals surface area contributed by atoms with E-state index in [1.54, 1.807) is 17.4 Å². The summed E-state index contributed by atoms with van der Waals surface area (Å²) in [5.41, 5.74) is 1.51. The SMILES string of the molecule is Fc1cccc(CN2CCC3(CCCN(Cc4nccs4)C3)C2)c1.O=C(O)C(F)(F)F. The molecule has 3 heterocycles. The van der Waals surface area contributed by atoms with E-state index >= 15 is 0 Å². The first-order valence-electron chi connectivity index (χ1n) is 10.0. The number of nitrogens with zero attached hydrogens (tertiary/aromatic N) is 3. The largest absolute Gasteiger partial charge is 0.490 e. The number of halogens is 4. The number of likely N-dealkylation sites (tertiary alicyclic amines) is 2. The van der Waals surface area contributed by atoms with Crippen LogP contribution in [0.1, 0.15) is 29.8 Å². The minimum Gasteiger partial charge on any atom is -0.475 e. The van der Waals surface area contributed by atoms with Crippen LogP contribution in [0.5, 0.6) is 0 Å². The molecule has 0 saturated carbocycles. The summed E-state index contributed by atoms with van der Waals surface area (Å²) in [6, 6.07) is 7.03. The lowest BCUT2D eigenvalue weighted by Gasteiger charge is -2.40. The first-order chi connectivity index (χ1) is 14.7. The number of carboxylic acid groups (broad SMARTS) is 1. The maximum Gasteiger partial charge on any atom is 0.490 e. The number of hydrogen-bond donors (Lipinski definition) is 1. The van der Waals surface area contributed by atoms with E-state index in [0.717, 1.165) is 31.7 Å². The third-order valence-electron chi connectivity index (χ3n) is 5.64. The van der Waals surface area contributed by atoms with Crippen molar-refractivity contribution in [1.82, 2.24) is 14.8 Å². The Morgan fingerprint density at radius 1 is 1.16 bits per heavy atom. The van der Waals surface area contributed by atoms with Gasteiger partial charge in [-0.2, -0.15) is 13.2 Å². The minimum absolute atomic E-state index is 0.131. The molecule has 0 aliphatic carbocycles. The van der Waals surface area contributed by atoms with Gasteiger partial charge in [-0.05, 0) is 55.5 Å². The Bertz CT molecular complexity index is 863. The number of rotatable bonds is 4. The van der Waals surface area contributed by atoms with E-state index in [1.165, 1.54) is 43.4 Å². The van der Waals surface area contributed by atoms with Gasteiger partial charge in [-0.15, -0.1) is 11.3 Å². The van der Waals surface area contributed by atoms with E-state index in [1.807, 2.05) is 18.3 Å². The molecule has 10 heteroatoms. The van der Waals surface area contributed by atoms with E-state index in [4.69, 9.17) is 9.90 Å². The Morgan fingerprint density at radius 2 is 1.87 bits per heavy atom. The number of benzene rings is 1. The topological polar surface area (TPSA) is 56.7 Å². The fraction of sp³-hybridized carbons (Fsp3) is 0.524. The van der Waals surface area contributed by atoms with Crippen LogP contribution in [0.2, 0.25) is 0 Å². The molecule has 1 atom stereocenters. The monoisotopic (exact) mass is 459 g/mol. The van der Waals surface area contributed by atoms with Crippen molar-refractivity contribution < 1.29 is 27.5 Å². The molecule has 2 fully saturated rings. The maximum absolute atomic E-state index is 13.4. The van der Waals surface area contributed by atoms with E-state index in [0.29, 0.717) is 5.41 Å². The second-order valence-electron chi connectivity index (χ2n) is 8.13. The van der Waals surface area contributed by atoms with Crippen molar-refractivity contribution in [3.63, 3.8) is 0 Å². The van der Waals surface area contributed by atoms with Crippen LogP contribution in [-0.4, -0.2) is 58.2 Å². The Hall–Kier alpha value is -2.04. The summed E-state index contributed by atoms with van der Waals surface area (Å²) in [6.45, 7) is 6.48. The number of hydrogen-bond acceptors (Lipinski definition) is 5. The molecule has 1 unspecified atom stereocenters. The molecule has 1 spiro atoms. The zero-order chi connectivity index (χ0) is 22.5. The standard InChI is InChI=1S/C19H24FN3S.C2HF3O2/c20-17-4-1-3-16(11-17)12-23-9-6-19(15-23)5-2-8-22(14-19)13-18-21-7-10-24-18;3-2(4,5)1(6)7/h1,3-4,7,10-11H,2,5-6,8-9,12-15H2;(H,6,7). The zero-order valence-electron chi connectivity index (χ0n) is 16.9. The van der Waals surface area contributed by atoms with Crippen molar-refractivity contribution in [3.8, 4) is 0 Å². The van der Waals surface area contributed by atoms with Gasteiger partial charge in [0.15, 0.2) is 0 Å². The summed E-state index contributed by atoms with van der Waals surface area (Å²) < 4.78 is 45.1. The lowest BCUT2D eigenvalue weighted by molar-refractivity contribution is -0.192. The Labute approximate surface area is 182 Å². The highest BCUT2D eigenvalue weighted by molar-refractivity contribution is 7.09. The summed E-state index contributed by atoms with van der Waals surface area (Å²) in [7, 11) is 0. The molecular formula is C21H25F4N3O2S. The van der Waals surface area contributed by atoms with Gasteiger partial charge in [-0.25, -0.2) is 14.2 Å². The molecule has 4 rings (SSSR count). The van der Waals surface area contributed by atoms with Gasteiger partial charge in [-0.3, -0.25) is 9.80 Å². The van der Waals surface area contributed by atoms with Crippen molar-refractivity contribution in [3.05, 3.63) is 52.2 Å². The Kier molecular flexibility index (Phi) is 7.66. The lowest BCUT2D eigenvalue weighted by Crippen LogP contribution is -2.44. The van der Waals surface area contributed by atoms with Crippen LogP contribution in [0.25, 0.3) is 0 Å². The summed E-state index contributed by atoms with van der Waals surface area (Å²) in [6.07, 6.45) is 0.674. The highest BCUT2D eigenvalue weighted by Crippen LogP contribution is 2.39. The highest BCUT2D eigenvalue weighted by Gasteiger charge is 2.41. The second kappa shape index (κ2) is 10.1. The van der Waals surface area contributed by atoms with E-state index in [-0.39, 0.29) is 5.82 Å². The van der Waals surface area contributed by atoms with E-state index < -0.39 is 12.1 Å². The normalized spacial score (nSPS) is 22.3. The number of aliphatic carboxylic acids is 1. The third kappa shape index (κ3) is 6.98. The molecule has 0 bridgehead atoms. The predicted octanol–water partition coefficient (Wildman–Crippen LogP) is 4.40. The van der Waals surface area contributed by atoms with Gasteiger partial charge in [0.1, 0.15) is 10.8 Å². The van der Waals surface area contributed by atoms with Crippen LogP contribution < -0.4 is 0 Å². The molecule has 170 valence electrons. The van der Waals surface area contributed by atoms with Crippen molar-refractivity contribution in [2.45, 2.75) is 38.5 Å². The zero-order valence-corrected chi connectivity index (χ0v) is 17.8. The number of carbonyl (C=O) groups is 1. The molecule has 1 aromatic heterocycles. The molecule has 1 aromatic carbocycles. The van der Waals surface area contributed by atoms with Crippen molar-refractivity contribution >= 4 is 17.3 Å². The molecule has 2 saturated heterocycles. The van der Waals surface area contributed by atoms with Gasteiger partial charge in [0, 0.05) is 31.2 Å². The first-order valence-corrected chi connectivity index (χ1v) is 10.9. The number of thiazole rings is 1. The molecule has 0 radical (unpaired) electrons. The fourth-order valence-electron chi connectivity index (χ4n) is 4.36. The van der Waals surface area contributed by atoms with Gasteiger partial charge in [-0.1, -0.05) is 12.1 Å². The third-order valence-corrected chi connectivity index (χ3v) is 6.40. The van der Waals surface area contributed by atoms with Gasteiger partial charge >= 0.3 is 12.1 Å². The second-order valence-corrected chi connectivity index (χ2v) is 9.11. The Balaban J connectivity index is 0.000000339. The summed E-state index contributed by atoms with van der Waals surface area (Å²) >= 11 is 1.75. The number of alkyl halides is 3. The predicted molar refractivity (Wildman–Crippen MR) is 109 cm³/mol. The van der Waals surface area contributed by atoms with Crippen molar-refractivity contribution in [2.24, 2.45) is 5.41 Å². The van der Waals surface area contributed by atoms with Crippen LogP contribution in [0.4, 0.5) is 17.6 Å². The van der Waals surface area contributed by atoms with Gasteiger partial charge in [0.05, 0.1) is 6.54 Å². The van der Waals surface area contributed by atoms with Gasteiger partial charge in [0.25, 0.3) is 0 Å². The van der Waals surface area contributed by atoms with Gasteiger partial charge in [0.2, 0.25) is 0 Å². The molecule has 2 aliphatic rings. The summed E-state index contributed by atoms with van der Waals surface area (Å²) in [4.78, 5) is 18.4. The molecule has 31 heavy (non-hydrogen) atoms. The van der Waals surface area contributed by atoms with E-state index in [9.17, 15) is 17.6 Å². The van der Waals surface area contributed by atoms with Crippen LogP contribution in [0.15, 0.2) is 35.8 Å². The summed E-state index contributed by atoms with van der Waals surface area (Å²) in [5, 5.41) is 10.4. The molecular weight excluding hydrogens is 434 g/mol. The summed E-state index contributed by atoms with van der Waals surface area (Å²) in [5.74, 6) is -2.89. The first kappa shape index (κ1) is 23.6. The number of piperidine rings is 1. The fourth-order valence-corrected chi connectivity index (χ4v) is 5.01. The quantitative estimate of drug-likeness (QED) is 0.687. The van der Waals surface area contributed by atoms with Crippen LogP contribution in [-0.2, 0) is 17.9 Å². The van der Waals surface area contributed by atoms with Crippen LogP contribution in [0.3, 0.4) is 0 Å². The number of carboxylic acids is 1. The maximum atomic E-state index is 13.4. The van der Waals surface area contributed by atoms with E-state index in [2.05, 4.69) is 20.2 Å². The smallest absolute Gasteiger partial charge is 0.475 e. The van der Waals surface area contributed by atoms with Gasteiger partial charge < -0.3 is 5.11 Å². The molecule has 0 amide bonds. The van der Waals surface area contributed by atoms with Crippen molar-refractivity contribution in [2.75, 3.05) is 26.2 Å². The average Bonchev–Trinajstić information content (AvgIpc) is 3.32. The lowest BCUT2D eigenvalue weighted by atomic mass is 9.79. The molecule has 2 aromatic rings. The number of aromatic nitrogens is 1. The van der Waals surface area contributed by atoms with Crippen LogP contribution >= 0.6 is 11.3 Å². The molecule has 5 nitrogen and oxygen atoms in total. The Morgan fingerprint density at radius 3 is 2.48 bits per heavy atom. The minimum atomic E-state index is -5.08. The van der Waals surface area contributed by atoms with Crippen LogP contribution in [0, 0.1) is 11.2 Å².